The Balaban J connectivity index is 2.73. The molecule has 1 rings (SSSR count). The van der Waals surface area contributed by atoms with Crippen LogP contribution in [0, 0.1) is 0 Å². The Morgan fingerprint density at radius 1 is 1.33 bits per heavy atom. The minimum absolute atomic E-state index is 0.328. The average Bonchev–Trinajstić information content (AvgIpc) is 2.05. The second kappa shape index (κ2) is 4.19. The standard InChI is InChI=1S/C9H8O2.Mn/c1-8(10)11-7-9-5-3-2-4-6-9;/h2-6H,1H3;. The fourth-order valence-corrected chi connectivity index (χ4v) is 1.12. The van der Waals surface area contributed by atoms with E-state index < -0.39 is 0 Å². The van der Waals surface area contributed by atoms with Crippen molar-refractivity contribution in [2.45, 2.75) is 6.92 Å². The summed E-state index contributed by atoms with van der Waals surface area (Å²) in [6.45, 7) is 1.37. The third-order valence-electron chi connectivity index (χ3n) is 1.23. The van der Waals surface area contributed by atoms with Gasteiger partial charge in [-0.1, -0.05) is 0 Å². The van der Waals surface area contributed by atoms with Crippen LogP contribution in [0.15, 0.2) is 30.3 Å². The number of hydrogen-bond acceptors (Lipinski definition) is 2. The van der Waals surface area contributed by atoms with Gasteiger partial charge in [0.2, 0.25) is 0 Å². The maximum atomic E-state index is 10.6. The van der Waals surface area contributed by atoms with E-state index in [9.17, 15) is 4.79 Å². The van der Waals surface area contributed by atoms with Gasteiger partial charge in [-0.05, 0) is 0 Å². The fourth-order valence-electron chi connectivity index (χ4n) is 0.754. The topological polar surface area (TPSA) is 26.3 Å². The molecule has 1 aromatic rings. The second-order valence-corrected chi connectivity index (χ2v) is 2.77. The first-order valence-electron chi connectivity index (χ1n) is 3.46. The molecule has 0 saturated carbocycles. The van der Waals surface area contributed by atoms with Crippen LogP contribution in [0.1, 0.15) is 12.5 Å². The van der Waals surface area contributed by atoms with E-state index in [1.54, 1.807) is 0 Å². The molecule has 2 nitrogen and oxygen atoms in total. The quantitative estimate of drug-likeness (QED) is 0.534. The van der Waals surface area contributed by atoms with Gasteiger partial charge in [0.25, 0.3) is 0 Å². The zero-order valence-corrected chi connectivity index (χ0v) is 7.76. The maximum absolute atomic E-state index is 10.6. The van der Waals surface area contributed by atoms with Crippen LogP contribution in [0.2, 0.25) is 0 Å². The van der Waals surface area contributed by atoms with E-state index in [1.165, 1.54) is 6.92 Å². The van der Waals surface area contributed by atoms with Crippen molar-refractivity contribution in [3.8, 4) is 0 Å². The number of rotatable bonds is 2. The molecular formula is C9H8MnO2. The number of ether oxygens (including phenoxy) is 1. The van der Waals surface area contributed by atoms with Crippen molar-refractivity contribution in [2.24, 2.45) is 0 Å². The number of hydrogen-bond donors (Lipinski definition) is 0. The summed E-state index contributed by atoms with van der Waals surface area (Å²) in [7, 11) is 0. The summed E-state index contributed by atoms with van der Waals surface area (Å²) >= 11 is 3.16. The number of benzene rings is 1. The van der Waals surface area contributed by atoms with Gasteiger partial charge in [-0.15, -0.1) is 0 Å². The molecule has 12 heavy (non-hydrogen) atoms. The predicted octanol–water partition coefficient (Wildman–Crippen LogP) is 1.27. The van der Waals surface area contributed by atoms with Crippen LogP contribution in [-0.4, -0.2) is 10.6 Å². The fraction of sp³-hybridized carbons (Fsp3) is 0.111. The molecule has 0 unspecified atom stereocenters. The first-order valence-corrected chi connectivity index (χ1v) is 4.05. The van der Waals surface area contributed by atoms with Crippen molar-refractivity contribution in [1.82, 2.24) is 0 Å². The summed E-state index contributed by atoms with van der Waals surface area (Å²) in [5.41, 5.74) is 0.854. The van der Waals surface area contributed by atoms with Gasteiger partial charge in [0.15, 0.2) is 0 Å². The third-order valence-corrected chi connectivity index (χ3v) is 1.70. The normalized spacial score (nSPS) is 9.08. The molecule has 0 aliphatic rings. The molecular weight excluding hydrogens is 195 g/mol. The summed E-state index contributed by atoms with van der Waals surface area (Å²) in [4.78, 5) is 10.6. The molecule has 0 aromatic heterocycles. The zero-order chi connectivity index (χ0) is 8.97. The predicted molar refractivity (Wildman–Crippen MR) is 42.3 cm³/mol. The summed E-state index contributed by atoms with van der Waals surface area (Å²) in [5, 5.41) is 0. The van der Waals surface area contributed by atoms with Gasteiger partial charge in [0.05, 0.1) is 0 Å². The van der Waals surface area contributed by atoms with Crippen LogP contribution in [0.5, 0.6) is 0 Å². The number of esters is 1. The first kappa shape index (κ1) is 9.17. The van der Waals surface area contributed by atoms with Crippen molar-refractivity contribution in [2.75, 3.05) is 0 Å². The van der Waals surface area contributed by atoms with Gasteiger partial charge in [-0.2, -0.15) is 0 Å². The molecule has 0 spiro atoms. The van der Waals surface area contributed by atoms with Crippen molar-refractivity contribution >= 4 is 10.6 Å². The molecule has 3 heteroatoms. The third kappa shape index (κ3) is 2.61. The van der Waals surface area contributed by atoms with Crippen LogP contribution < -0.4 is 0 Å². The summed E-state index contributed by atoms with van der Waals surface area (Å²) < 4.78 is 5.28. The van der Waals surface area contributed by atoms with Gasteiger partial charge in [0.1, 0.15) is 0 Å². The molecule has 0 fully saturated rings. The van der Waals surface area contributed by atoms with E-state index in [0.717, 1.165) is 5.56 Å². The molecule has 0 radical (unpaired) electrons. The molecule has 0 atom stereocenters. The van der Waals surface area contributed by atoms with Crippen molar-refractivity contribution in [3.05, 3.63) is 35.9 Å². The second-order valence-electron chi connectivity index (χ2n) is 2.23. The molecule has 0 aliphatic carbocycles. The van der Waals surface area contributed by atoms with E-state index in [4.69, 9.17) is 4.74 Å². The number of carbonyl (C=O) groups is 1. The van der Waals surface area contributed by atoms with Crippen molar-refractivity contribution in [1.29, 1.82) is 0 Å². The van der Waals surface area contributed by atoms with Gasteiger partial charge in [-0.3, -0.25) is 0 Å². The molecule has 0 N–H and O–H groups in total. The molecule has 0 amide bonds. The van der Waals surface area contributed by atoms with Crippen molar-refractivity contribution in [3.63, 3.8) is 0 Å². The van der Waals surface area contributed by atoms with Crippen molar-refractivity contribution < 1.29 is 25.1 Å². The first-order chi connectivity index (χ1) is 5.70. The van der Waals surface area contributed by atoms with Gasteiger partial charge in [0, 0.05) is 0 Å². The van der Waals surface area contributed by atoms with E-state index in [-0.39, 0.29) is 5.97 Å². The molecule has 0 heterocycles. The SMILES string of the molecule is CC(=O)O[C](=[Mn])c1ccccc1. The van der Waals surface area contributed by atoms with Gasteiger partial charge in [-0.25, -0.2) is 0 Å². The van der Waals surface area contributed by atoms with E-state index in [1.807, 2.05) is 30.3 Å². The average molecular weight is 203 g/mol. The Morgan fingerprint density at radius 3 is 2.42 bits per heavy atom. The Morgan fingerprint density at radius 2 is 1.92 bits per heavy atom. The van der Waals surface area contributed by atoms with Gasteiger partial charge >= 0.3 is 78.5 Å². The van der Waals surface area contributed by atoms with Crippen LogP contribution in [-0.2, 0) is 25.1 Å². The molecule has 63 valence electrons. The van der Waals surface area contributed by atoms with E-state index >= 15 is 0 Å². The van der Waals surface area contributed by atoms with Gasteiger partial charge < -0.3 is 0 Å². The molecule has 0 bridgehead atoms. The molecule has 1 aromatic carbocycles. The minimum atomic E-state index is -0.328. The Kier molecular flexibility index (Phi) is 3.20. The van der Waals surface area contributed by atoms with Crippen LogP contribution >= 0.6 is 0 Å². The Hall–Kier alpha value is -0.921. The van der Waals surface area contributed by atoms with E-state index in [2.05, 4.69) is 15.6 Å². The summed E-state index contributed by atoms with van der Waals surface area (Å²) in [6, 6.07) is 9.36. The summed E-state index contributed by atoms with van der Waals surface area (Å²) in [5.74, 6) is -0.328. The van der Waals surface area contributed by atoms with Crippen LogP contribution in [0.4, 0.5) is 0 Å². The Labute approximate surface area is 78.9 Å². The monoisotopic (exact) mass is 203 g/mol. The molecule has 0 aliphatic heterocycles. The van der Waals surface area contributed by atoms with Crippen LogP contribution in [0.3, 0.4) is 0 Å². The summed E-state index contributed by atoms with van der Waals surface area (Å²) in [6.07, 6.45) is 0. The van der Waals surface area contributed by atoms with E-state index in [0.29, 0.717) is 4.60 Å². The Bertz CT molecular complexity index is 293. The van der Waals surface area contributed by atoms with Crippen LogP contribution in [0.25, 0.3) is 0 Å². The number of carbonyl (C=O) groups excluding carboxylic acids is 1. The zero-order valence-electron chi connectivity index (χ0n) is 6.58. The molecule has 0 saturated heterocycles.